The van der Waals surface area contributed by atoms with Crippen LogP contribution in [0.3, 0.4) is 0 Å². The second-order valence-electron chi connectivity index (χ2n) is 5.37. The van der Waals surface area contributed by atoms with Crippen molar-refractivity contribution in [2.45, 2.75) is 33.2 Å². The number of rotatable bonds is 6. The van der Waals surface area contributed by atoms with Crippen molar-refractivity contribution < 1.29 is 9.53 Å². The van der Waals surface area contributed by atoms with E-state index < -0.39 is 0 Å². The summed E-state index contributed by atoms with van der Waals surface area (Å²) in [6.07, 6.45) is 0.995. The van der Waals surface area contributed by atoms with Crippen LogP contribution >= 0.6 is 0 Å². The predicted molar refractivity (Wildman–Crippen MR) is 91.2 cm³/mol. The fourth-order valence-electron chi connectivity index (χ4n) is 1.97. The topological polar surface area (TPSA) is 76.1 Å². The lowest BCUT2D eigenvalue weighted by molar-refractivity contribution is 0.0601. The normalized spacial score (nSPS) is 11.7. The Morgan fingerprint density at radius 1 is 1.26 bits per heavy atom. The maximum absolute atomic E-state index is 11.4. The third kappa shape index (κ3) is 4.67. The van der Waals surface area contributed by atoms with Crippen molar-refractivity contribution in [3.05, 3.63) is 41.6 Å². The van der Waals surface area contributed by atoms with E-state index >= 15 is 0 Å². The van der Waals surface area contributed by atoms with Crippen molar-refractivity contribution in [3.8, 4) is 0 Å². The van der Waals surface area contributed by atoms with Gasteiger partial charge in [-0.05, 0) is 44.5 Å². The van der Waals surface area contributed by atoms with Gasteiger partial charge in [-0.1, -0.05) is 6.92 Å². The first-order valence-corrected chi connectivity index (χ1v) is 7.59. The molecule has 0 aliphatic carbocycles. The third-order valence-electron chi connectivity index (χ3n) is 3.42. The summed E-state index contributed by atoms with van der Waals surface area (Å²) in [5.74, 6) is 0.955. The van der Waals surface area contributed by atoms with E-state index in [1.165, 1.54) is 7.11 Å². The molecule has 122 valence electrons. The number of esters is 1. The molecular formula is C17H22N4O2. The van der Waals surface area contributed by atoms with E-state index in [-0.39, 0.29) is 5.97 Å². The number of methoxy groups -OCH3 is 1. The van der Waals surface area contributed by atoms with Crippen LogP contribution in [0.2, 0.25) is 0 Å². The standard InChI is InChI=1S/C17H22N4O2/c1-5-11(2)18-17-19-12(3)10-15(21-17)20-14-8-6-13(7-9-14)16(22)23-4/h6-11H,5H2,1-4H3,(H2,18,19,20,21). The molecule has 2 aromatic rings. The third-order valence-corrected chi connectivity index (χ3v) is 3.42. The van der Waals surface area contributed by atoms with Gasteiger partial charge >= 0.3 is 5.97 Å². The molecule has 0 saturated carbocycles. The molecule has 0 radical (unpaired) electrons. The van der Waals surface area contributed by atoms with Crippen molar-refractivity contribution in [1.29, 1.82) is 0 Å². The Labute approximate surface area is 136 Å². The SMILES string of the molecule is CCC(C)Nc1nc(C)cc(Nc2ccc(C(=O)OC)cc2)n1. The first kappa shape index (κ1) is 16.7. The molecule has 1 heterocycles. The second-order valence-corrected chi connectivity index (χ2v) is 5.37. The first-order valence-electron chi connectivity index (χ1n) is 7.59. The molecule has 23 heavy (non-hydrogen) atoms. The summed E-state index contributed by atoms with van der Waals surface area (Å²) in [6.45, 7) is 6.12. The summed E-state index contributed by atoms with van der Waals surface area (Å²) in [6, 6.07) is 9.22. The van der Waals surface area contributed by atoms with Crippen molar-refractivity contribution in [3.63, 3.8) is 0 Å². The monoisotopic (exact) mass is 314 g/mol. The van der Waals surface area contributed by atoms with Crippen LogP contribution in [0.15, 0.2) is 30.3 Å². The van der Waals surface area contributed by atoms with Gasteiger partial charge in [-0.15, -0.1) is 0 Å². The molecule has 0 fully saturated rings. The lowest BCUT2D eigenvalue weighted by Crippen LogP contribution is -2.16. The van der Waals surface area contributed by atoms with Gasteiger partial charge in [0, 0.05) is 23.5 Å². The summed E-state index contributed by atoms with van der Waals surface area (Å²) >= 11 is 0. The highest BCUT2D eigenvalue weighted by atomic mass is 16.5. The lowest BCUT2D eigenvalue weighted by atomic mass is 10.2. The predicted octanol–water partition coefficient (Wildman–Crippen LogP) is 3.53. The molecule has 1 aromatic carbocycles. The highest BCUT2D eigenvalue weighted by Gasteiger charge is 2.07. The minimum Gasteiger partial charge on any atom is -0.465 e. The summed E-state index contributed by atoms with van der Waals surface area (Å²) in [5.41, 5.74) is 2.22. The Morgan fingerprint density at radius 2 is 1.96 bits per heavy atom. The number of nitrogens with zero attached hydrogens (tertiary/aromatic N) is 2. The van der Waals surface area contributed by atoms with Crippen LogP contribution in [-0.4, -0.2) is 29.1 Å². The van der Waals surface area contributed by atoms with Crippen LogP contribution in [0.4, 0.5) is 17.5 Å². The number of carbonyl (C=O) groups is 1. The van der Waals surface area contributed by atoms with Gasteiger partial charge in [-0.25, -0.2) is 9.78 Å². The molecule has 1 aromatic heterocycles. The Bertz CT molecular complexity index is 671. The summed E-state index contributed by atoms with van der Waals surface area (Å²) < 4.78 is 4.69. The maximum Gasteiger partial charge on any atom is 0.337 e. The minimum atomic E-state index is -0.352. The number of hydrogen-bond acceptors (Lipinski definition) is 6. The average molecular weight is 314 g/mol. The van der Waals surface area contributed by atoms with E-state index in [2.05, 4.69) is 39.2 Å². The Morgan fingerprint density at radius 3 is 2.57 bits per heavy atom. The van der Waals surface area contributed by atoms with Gasteiger partial charge in [0.15, 0.2) is 0 Å². The number of nitrogens with one attached hydrogen (secondary N) is 2. The Hall–Kier alpha value is -2.63. The molecular weight excluding hydrogens is 292 g/mol. The smallest absolute Gasteiger partial charge is 0.337 e. The van der Waals surface area contributed by atoms with E-state index in [0.717, 1.165) is 17.8 Å². The van der Waals surface area contributed by atoms with Crippen molar-refractivity contribution in [2.75, 3.05) is 17.7 Å². The zero-order valence-electron chi connectivity index (χ0n) is 13.9. The van der Waals surface area contributed by atoms with Crippen LogP contribution in [-0.2, 0) is 4.74 Å². The second kappa shape index (κ2) is 7.58. The molecule has 0 saturated heterocycles. The molecule has 0 aliphatic heterocycles. The van der Waals surface area contributed by atoms with Gasteiger partial charge in [-0.2, -0.15) is 4.98 Å². The molecule has 0 aliphatic rings. The van der Waals surface area contributed by atoms with E-state index in [9.17, 15) is 4.79 Å². The van der Waals surface area contributed by atoms with Crippen molar-refractivity contribution in [2.24, 2.45) is 0 Å². The minimum absolute atomic E-state index is 0.309. The van der Waals surface area contributed by atoms with Crippen LogP contribution < -0.4 is 10.6 Å². The van der Waals surface area contributed by atoms with Crippen LogP contribution in [0, 0.1) is 6.92 Å². The zero-order chi connectivity index (χ0) is 16.8. The van der Waals surface area contributed by atoms with E-state index in [4.69, 9.17) is 0 Å². The highest BCUT2D eigenvalue weighted by Crippen LogP contribution is 2.18. The van der Waals surface area contributed by atoms with Crippen molar-refractivity contribution in [1.82, 2.24) is 9.97 Å². The molecule has 0 bridgehead atoms. The molecule has 2 N–H and O–H groups in total. The molecule has 6 nitrogen and oxygen atoms in total. The molecule has 2 rings (SSSR count). The number of anilines is 3. The van der Waals surface area contributed by atoms with E-state index in [0.29, 0.717) is 23.4 Å². The molecule has 0 spiro atoms. The van der Waals surface area contributed by atoms with Gasteiger partial charge < -0.3 is 15.4 Å². The molecule has 1 unspecified atom stereocenters. The van der Waals surface area contributed by atoms with Crippen LogP contribution in [0.1, 0.15) is 36.3 Å². The number of benzene rings is 1. The van der Waals surface area contributed by atoms with Gasteiger partial charge in [0.25, 0.3) is 0 Å². The zero-order valence-corrected chi connectivity index (χ0v) is 13.9. The van der Waals surface area contributed by atoms with E-state index in [1.807, 2.05) is 25.1 Å². The molecule has 0 amide bonds. The van der Waals surface area contributed by atoms with Gasteiger partial charge in [-0.3, -0.25) is 0 Å². The number of aryl methyl sites for hydroxylation is 1. The summed E-state index contributed by atoms with van der Waals surface area (Å²) in [5, 5.41) is 6.48. The number of aromatic nitrogens is 2. The number of hydrogen-bond donors (Lipinski definition) is 2. The largest absolute Gasteiger partial charge is 0.465 e. The van der Waals surface area contributed by atoms with Crippen molar-refractivity contribution >= 4 is 23.4 Å². The Kier molecular flexibility index (Phi) is 5.51. The van der Waals surface area contributed by atoms with Crippen LogP contribution in [0.5, 0.6) is 0 Å². The first-order chi connectivity index (χ1) is 11.0. The maximum atomic E-state index is 11.4. The summed E-state index contributed by atoms with van der Waals surface area (Å²) in [4.78, 5) is 20.3. The molecule has 6 heteroatoms. The fraction of sp³-hybridized carbons (Fsp3) is 0.353. The van der Waals surface area contributed by atoms with Gasteiger partial charge in [0.2, 0.25) is 5.95 Å². The van der Waals surface area contributed by atoms with Gasteiger partial charge in [0.05, 0.1) is 12.7 Å². The quantitative estimate of drug-likeness (QED) is 0.794. The molecule has 1 atom stereocenters. The average Bonchev–Trinajstić information content (AvgIpc) is 2.54. The Balaban J connectivity index is 2.14. The fourth-order valence-corrected chi connectivity index (χ4v) is 1.97. The number of carbonyl (C=O) groups excluding carboxylic acids is 1. The van der Waals surface area contributed by atoms with Gasteiger partial charge in [0.1, 0.15) is 5.82 Å². The lowest BCUT2D eigenvalue weighted by Gasteiger charge is -2.13. The highest BCUT2D eigenvalue weighted by molar-refractivity contribution is 5.89. The summed E-state index contributed by atoms with van der Waals surface area (Å²) in [7, 11) is 1.37. The van der Waals surface area contributed by atoms with Crippen LogP contribution in [0.25, 0.3) is 0 Å². The number of ether oxygens (including phenoxy) is 1. The van der Waals surface area contributed by atoms with E-state index in [1.54, 1.807) is 12.1 Å².